The summed E-state index contributed by atoms with van der Waals surface area (Å²) >= 11 is 0. The van der Waals surface area contributed by atoms with Gasteiger partial charge < -0.3 is 15.2 Å². The molecule has 0 fully saturated rings. The number of hydrogen-bond acceptors (Lipinski definition) is 3. The minimum absolute atomic E-state index is 0.0928. The van der Waals surface area contributed by atoms with E-state index >= 15 is 0 Å². The number of aliphatic hydroxyl groups is 1. The molecule has 0 aromatic heterocycles. The molecule has 0 bridgehead atoms. The van der Waals surface area contributed by atoms with Gasteiger partial charge in [0.25, 0.3) is 0 Å². The molecular formula is C11H15NO2. The first kappa shape index (κ1) is 9.34. The van der Waals surface area contributed by atoms with E-state index in [1.807, 2.05) is 12.1 Å². The summed E-state index contributed by atoms with van der Waals surface area (Å²) in [5.41, 5.74) is 2.28. The molecule has 1 aliphatic heterocycles. The molecule has 14 heavy (non-hydrogen) atoms. The third-order valence-electron chi connectivity index (χ3n) is 2.40. The predicted molar refractivity (Wildman–Crippen MR) is 55.8 cm³/mol. The molecule has 1 atom stereocenters. The lowest BCUT2D eigenvalue weighted by Gasteiger charge is -2.27. The highest BCUT2D eigenvalue weighted by molar-refractivity contribution is 5.59. The van der Waals surface area contributed by atoms with Gasteiger partial charge in [0.15, 0.2) is 0 Å². The van der Waals surface area contributed by atoms with Crippen LogP contribution >= 0.6 is 0 Å². The molecule has 1 aromatic carbocycles. The van der Waals surface area contributed by atoms with Crippen LogP contribution in [-0.2, 0) is 0 Å². The molecule has 0 amide bonds. The van der Waals surface area contributed by atoms with E-state index in [4.69, 9.17) is 9.84 Å². The second-order valence-corrected chi connectivity index (χ2v) is 3.63. The van der Waals surface area contributed by atoms with Crippen molar-refractivity contribution in [1.82, 2.24) is 0 Å². The maximum absolute atomic E-state index is 8.80. The highest BCUT2D eigenvalue weighted by Crippen LogP contribution is 2.30. The van der Waals surface area contributed by atoms with Gasteiger partial charge in [-0.1, -0.05) is 6.07 Å². The summed E-state index contributed by atoms with van der Waals surface area (Å²) in [5, 5.41) is 12.1. The molecule has 2 N–H and O–H groups in total. The van der Waals surface area contributed by atoms with Crippen molar-refractivity contribution >= 4 is 5.69 Å². The largest absolute Gasteiger partial charge is 0.486 e. The minimum Gasteiger partial charge on any atom is -0.486 e. The van der Waals surface area contributed by atoms with Gasteiger partial charge in [-0.15, -0.1) is 0 Å². The monoisotopic (exact) mass is 193 g/mol. The van der Waals surface area contributed by atoms with Crippen molar-refractivity contribution in [3.63, 3.8) is 0 Å². The molecule has 0 aliphatic carbocycles. The second-order valence-electron chi connectivity index (χ2n) is 3.63. The molecule has 3 heteroatoms. The summed E-state index contributed by atoms with van der Waals surface area (Å²) in [4.78, 5) is 0. The predicted octanol–water partition coefficient (Wildman–Crippen LogP) is 1.55. The molecule has 0 saturated heterocycles. The maximum Gasteiger partial charge on any atom is 0.142 e. The fourth-order valence-electron chi connectivity index (χ4n) is 1.63. The molecule has 76 valence electrons. The van der Waals surface area contributed by atoms with Gasteiger partial charge >= 0.3 is 0 Å². The molecule has 0 saturated carbocycles. The smallest absolute Gasteiger partial charge is 0.142 e. The van der Waals surface area contributed by atoms with Crippen LogP contribution < -0.4 is 10.1 Å². The van der Waals surface area contributed by atoms with Crippen molar-refractivity contribution in [2.24, 2.45) is 0 Å². The topological polar surface area (TPSA) is 41.5 Å². The number of ether oxygens (including phenoxy) is 1. The van der Waals surface area contributed by atoms with E-state index in [2.05, 4.69) is 18.3 Å². The molecule has 2 rings (SSSR count). The van der Waals surface area contributed by atoms with Crippen molar-refractivity contribution in [3.05, 3.63) is 23.8 Å². The molecule has 1 heterocycles. The van der Waals surface area contributed by atoms with E-state index < -0.39 is 0 Å². The van der Waals surface area contributed by atoms with Gasteiger partial charge in [-0.2, -0.15) is 0 Å². The Labute approximate surface area is 83.7 Å². The van der Waals surface area contributed by atoms with Gasteiger partial charge in [-0.05, 0) is 24.6 Å². The van der Waals surface area contributed by atoms with Crippen LogP contribution in [0.25, 0.3) is 0 Å². The Morgan fingerprint density at radius 3 is 3.21 bits per heavy atom. The van der Waals surface area contributed by atoms with Gasteiger partial charge in [0.1, 0.15) is 11.9 Å². The fourth-order valence-corrected chi connectivity index (χ4v) is 1.63. The van der Waals surface area contributed by atoms with Gasteiger partial charge in [0.2, 0.25) is 0 Å². The van der Waals surface area contributed by atoms with Gasteiger partial charge in [0, 0.05) is 13.0 Å². The molecule has 0 radical (unpaired) electrons. The number of fused-ring (bicyclic) bond motifs is 1. The quantitative estimate of drug-likeness (QED) is 0.748. The van der Waals surface area contributed by atoms with Gasteiger partial charge in [0.05, 0.1) is 12.2 Å². The Kier molecular flexibility index (Phi) is 2.59. The number of aliphatic hydroxyl groups excluding tert-OH is 1. The van der Waals surface area contributed by atoms with E-state index in [-0.39, 0.29) is 12.7 Å². The average molecular weight is 193 g/mol. The van der Waals surface area contributed by atoms with Crippen LogP contribution in [-0.4, -0.2) is 24.4 Å². The first-order valence-electron chi connectivity index (χ1n) is 4.91. The highest BCUT2D eigenvalue weighted by atomic mass is 16.5. The summed E-state index contributed by atoms with van der Waals surface area (Å²) in [6.07, 6.45) is 0.774. The van der Waals surface area contributed by atoms with Crippen LogP contribution in [0.5, 0.6) is 5.75 Å². The van der Waals surface area contributed by atoms with E-state index in [0.29, 0.717) is 6.42 Å². The second kappa shape index (κ2) is 3.88. The average Bonchev–Trinajstić information content (AvgIpc) is 2.19. The van der Waals surface area contributed by atoms with E-state index in [1.165, 1.54) is 5.56 Å². The molecule has 0 spiro atoms. The molecular weight excluding hydrogens is 178 g/mol. The first-order chi connectivity index (χ1) is 6.79. The Balaban J connectivity index is 2.15. The van der Waals surface area contributed by atoms with Crippen LogP contribution in [0.2, 0.25) is 0 Å². The molecule has 1 aliphatic rings. The lowest BCUT2D eigenvalue weighted by molar-refractivity contribution is 0.158. The first-order valence-corrected chi connectivity index (χ1v) is 4.91. The summed E-state index contributed by atoms with van der Waals surface area (Å²) < 4.78 is 5.70. The van der Waals surface area contributed by atoms with Crippen LogP contribution in [0, 0.1) is 6.92 Å². The number of aryl methyl sites for hydroxylation is 1. The van der Waals surface area contributed by atoms with E-state index in [1.54, 1.807) is 0 Å². The summed E-state index contributed by atoms with van der Waals surface area (Å²) in [6.45, 7) is 3.01. The lowest BCUT2D eigenvalue weighted by atomic mass is 10.1. The van der Waals surface area contributed by atoms with Crippen molar-refractivity contribution in [2.75, 3.05) is 18.5 Å². The molecule has 1 aromatic rings. The molecule has 3 nitrogen and oxygen atoms in total. The van der Waals surface area contributed by atoms with Crippen LogP contribution in [0.3, 0.4) is 0 Å². The Hall–Kier alpha value is -1.22. The lowest BCUT2D eigenvalue weighted by Crippen LogP contribution is -2.31. The Morgan fingerprint density at radius 2 is 2.43 bits per heavy atom. The number of benzene rings is 1. The summed E-state index contributed by atoms with van der Waals surface area (Å²) in [5.74, 6) is 0.889. The zero-order valence-electron chi connectivity index (χ0n) is 8.29. The normalized spacial score (nSPS) is 19.4. The number of rotatable bonds is 2. The van der Waals surface area contributed by atoms with Crippen molar-refractivity contribution in [3.8, 4) is 5.75 Å². The standard InChI is InChI=1S/C11H15NO2/c1-8-2-3-11-10(6-8)12-7-9(14-11)4-5-13/h2-3,6,9,12-13H,4-5,7H2,1H3. The summed E-state index contributed by atoms with van der Waals surface area (Å²) in [7, 11) is 0. The SMILES string of the molecule is Cc1ccc2c(c1)NCC(CCO)O2. The van der Waals surface area contributed by atoms with Crippen LogP contribution in [0.4, 0.5) is 5.69 Å². The highest BCUT2D eigenvalue weighted by Gasteiger charge is 2.18. The van der Waals surface area contributed by atoms with Crippen LogP contribution in [0.1, 0.15) is 12.0 Å². The third-order valence-corrected chi connectivity index (χ3v) is 2.40. The maximum atomic E-state index is 8.80. The fraction of sp³-hybridized carbons (Fsp3) is 0.455. The number of hydrogen-bond donors (Lipinski definition) is 2. The Bertz CT molecular complexity index is 325. The third kappa shape index (κ3) is 1.82. The number of anilines is 1. The van der Waals surface area contributed by atoms with Crippen LogP contribution in [0.15, 0.2) is 18.2 Å². The van der Waals surface area contributed by atoms with Gasteiger partial charge in [-0.25, -0.2) is 0 Å². The van der Waals surface area contributed by atoms with E-state index in [9.17, 15) is 0 Å². The Morgan fingerprint density at radius 1 is 1.57 bits per heavy atom. The van der Waals surface area contributed by atoms with Gasteiger partial charge in [-0.3, -0.25) is 0 Å². The zero-order chi connectivity index (χ0) is 9.97. The minimum atomic E-state index is 0.0928. The zero-order valence-corrected chi connectivity index (χ0v) is 8.29. The van der Waals surface area contributed by atoms with Crippen molar-refractivity contribution < 1.29 is 9.84 Å². The number of nitrogens with one attached hydrogen (secondary N) is 1. The summed E-state index contributed by atoms with van der Waals surface area (Å²) in [6, 6.07) is 6.08. The van der Waals surface area contributed by atoms with Crippen molar-refractivity contribution in [1.29, 1.82) is 0 Å². The van der Waals surface area contributed by atoms with E-state index in [0.717, 1.165) is 18.0 Å². The molecule has 1 unspecified atom stereocenters. The van der Waals surface area contributed by atoms with Crippen molar-refractivity contribution in [2.45, 2.75) is 19.4 Å².